The summed E-state index contributed by atoms with van der Waals surface area (Å²) in [5, 5.41) is 6.66. The van der Waals surface area contributed by atoms with Crippen LogP contribution in [0.1, 0.15) is 58.2 Å². The van der Waals surface area contributed by atoms with Crippen LogP contribution < -0.4 is 10.6 Å². The lowest BCUT2D eigenvalue weighted by Crippen LogP contribution is -2.21. The summed E-state index contributed by atoms with van der Waals surface area (Å²) in [7, 11) is 1.91. The summed E-state index contributed by atoms with van der Waals surface area (Å²) in [6.07, 6.45) is 8.87. The third-order valence-corrected chi connectivity index (χ3v) is 4.62. The number of hydrogen-bond acceptors (Lipinski definition) is 4. The smallest absolute Gasteiger partial charge is 0.133 e. The Morgan fingerprint density at radius 3 is 2.33 bits per heavy atom. The molecule has 0 aliphatic heterocycles. The van der Waals surface area contributed by atoms with Crippen molar-refractivity contribution in [2.24, 2.45) is 11.8 Å². The first-order valence-corrected chi connectivity index (χ1v) is 8.54. The van der Waals surface area contributed by atoms with Gasteiger partial charge in [-0.15, -0.1) is 0 Å². The predicted octanol–water partition coefficient (Wildman–Crippen LogP) is 4.10. The molecule has 2 N–H and O–H groups in total. The number of nitrogens with one attached hydrogen (secondary N) is 2. The highest BCUT2D eigenvalue weighted by Gasteiger charge is 2.19. The van der Waals surface area contributed by atoms with Gasteiger partial charge < -0.3 is 10.6 Å². The average Bonchev–Trinajstić information content (AvgIpc) is 2.53. The maximum atomic E-state index is 4.62. The van der Waals surface area contributed by atoms with Gasteiger partial charge in [-0.05, 0) is 31.1 Å². The lowest BCUT2D eigenvalue weighted by Gasteiger charge is -2.28. The molecule has 21 heavy (non-hydrogen) atoms. The molecule has 0 bridgehead atoms. The number of anilines is 2. The summed E-state index contributed by atoms with van der Waals surface area (Å²) in [6.45, 7) is 5.52. The molecule has 1 aromatic rings. The van der Waals surface area contributed by atoms with Crippen molar-refractivity contribution in [2.75, 3.05) is 24.2 Å². The van der Waals surface area contributed by atoms with Crippen LogP contribution in [0.25, 0.3) is 0 Å². The molecule has 2 rings (SSSR count). The summed E-state index contributed by atoms with van der Waals surface area (Å²) in [4.78, 5) is 9.12. The Balaban J connectivity index is 1.89. The van der Waals surface area contributed by atoms with Crippen molar-refractivity contribution in [2.45, 2.75) is 58.8 Å². The van der Waals surface area contributed by atoms with E-state index in [9.17, 15) is 0 Å². The molecule has 1 saturated carbocycles. The number of aromatic nitrogens is 2. The molecule has 4 heteroatoms. The Morgan fingerprint density at radius 1 is 1.05 bits per heavy atom. The van der Waals surface area contributed by atoms with E-state index in [0.717, 1.165) is 48.7 Å². The second kappa shape index (κ2) is 8.20. The minimum Gasteiger partial charge on any atom is -0.373 e. The third kappa shape index (κ3) is 4.87. The molecular weight excluding hydrogens is 260 g/mol. The summed E-state index contributed by atoms with van der Waals surface area (Å²) in [5.41, 5.74) is 0. The van der Waals surface area contributed by atoms with Gasteiger partial charge in [-0.3, -0.25) is 0 Å². The van der Waals surface area contributed by atoms with Crippen molar-refractivity contribution in [1.29, 1.82) is 0 Å². The first-order chi connectivity index (χ1) is 10.2. The predicted molar refractivity (Wildman–Crippen MR) is 89.8 cm³/mol. The Bertz CT molecular complexity index is 425. The molecule has 1 aromatic heterocycles. The minimum absolute atomic E-state index is 0.801. The van der Waals surface area contributed by atoms with Crippen LogP contribution in [0.2, 0.25) is 0 Å². The lowest BCUT2D eigenvalue weighted by molar-refractivity contribution is 0.278. The number of nitrogens with zero attached hydrogens (tertiary/aromatic N) is 2. The standard InChI is InChI=1S/C17H30N4/c1-4-6-15-20-16(18-3)11-17(21-15)19-12-14-9-7-13(5-2)8-10-14/h11,13-14H,4-10,12H2,1-3H3,(H2,18,19,20,21). The van der Waals surface area contributed by atoms with Gasteiger partial charge in [-0.2, -0.15) is 0 Å². The van der Waals surface area contributed by atoms with Crippen LogP contribution in [0, 0.1) is 11.8 Å². The quantitative estimate of drug-likeness (QED) is 0.794. The van der Waals surface area contributed by atoms with Gasteiger partial charge in [0.15, 0.2) is 0 Å². The molecule has 1 aliphatic carbocycles. The van der Waals surface area contributed by atoms with E-state index in [1.165, 1.54) is 32.1 Å². The SMILES string of the molecule is CCCc1nc(NC)cc(NCC2CCC(CC)CC2)n1. The Morgan fingerprint density at radius 2 is 1.71 bits per heavy atom. The van der Waals surface area contributed by atoms with E-state index in [-0.39, 0.29) is 0 Å². The number of aryl methyl sites for hydroxylation is 1. The normalized spacial score (nSPS) is 22.0. The fraction of sp³-hybridized carbons (Fsp3) is 0.765. The maximum absolute atomic E-state index is 4.62. The fourth-order valence-electron chi connectivity index (χ4n) is 3.14. The van der Waals surface area contributed by atoms with Crippen LogP contribution >= 0.6 is 0 Å². The van der Waals surface area contributed by atoms with Crippen LogP contribution in [0.4, 0.5) is 11.6 Å². The van der Waals surface area contributed by atoms with Gasteiger partial charge in [0.2, 0.25) is 0 Å². The van der Waals surface area contributed by atoms with Gasteiger partial charge in [0.25, 0.3) is 0 Å². The van der Waals surface area contributed by atoms with Crippen LogP contribution in [-0.4, -0.2) is 23.6 Å². The van der Waals surface area contributed by atoms with Crippen molar-refractivity contribution < 1.29 is 0 Å². The van der Waals surface area contributed by atoms with Crippen LogP contribution in [0.15, 0.2) is 6.07 Å². The highest BCUT2D eigenvalue weighted by atomic mass is 15.1. The first kappa shape index (κ1) is 16.1. The zero-order valence-corrected chi connectivity index (χ0v) is 13.8. The zero-order chi connectivity index (χ0) is 15.1. The van der Waals surface area contributed by atoms with Gasteiger partial charge >= 0.3 is 0 Å². The topological polar surface area (TPSA) is 49.8 Å². The Kier molecular flexibility index (Phi) is 6.27. The monoisotopic (exact) mass is 290 g/mol. The highest BCUT2D eigenvalue weighted by Crippen LogP contribution is 2.30. The van der Waals surface area contributed by atoms with E-state index in [0.29, 0.717) is 0 Å². The summed E-state index contributed by atoms with van der Waals surface area (Å²) < 4.78 is 0. The summed E-state index contributed by atoms with van der Waals surface area (Å²) >= 11 is 0. The molecule has 0 radical (unpaired) electrons. The molecule has 0 unspecified atom stereocenters. The van der Waals surface area contributed by atoms with E-state index in [1.54, 1.807) is 0 Å². The second-order valence-corrected chi connectivity index (χ2v) is 6.23. The molecule has 0 aromatic carbocycles. The van der Waals surface area contributed by atoms with Crippen LogP contribution in [0.3, 0.4) is 0 Å². The van der Waals surface area contributed by atoms with E-state index >= 15 is 0 Å². The molecule has 1 aliphatic rings. The van der Waals surface area contributed by atoms with Crippen molar-refractivity contribution in [3.8, 4) is 0 Å². The van der Waals surface area contributed by atoms with Crippen molar-refractivity contribution >= 4 is 11.6 Å². The van der Waals surface area contributed by atoms with Crippen molar-refractivity contribution in [3.05, 3.63) is 11.9 Å². The Labute approximate surface area is 129 Å². The van der Waals surface area contributed by atoms with Crippen LogP contribution in [0.5, 0.6) is 0 Å². The van der Waals surface area contributed by atoms with Gasteiger partial charge in [-0.1, -0.05) is 33.1 Å². The molecule has 118 valence electrons. The molecule has 1 fully saturated rings. The third-order valence-electron chi connectivity index (χ3n) is 4.62. The summed E-state index contributed by atoms with van der Waals surface area (Å²) in [5.74, 6) is 4.57. The first-order valence-electron chi connectivity index (χ1n) is 8.54. The second-order valence-electron chi connectivity index (χ2n) is 6.23. The van der Waals surface area contributed by atoms with Crippen molar-refractivity contribution in [1.82, 2.24) is 9.97 Å². The molecule has 4 nitrogen and oxygen atoms in total. The van der Waals surface area contributed by atoms with Gasteiger partial charge in [-0.25, -0.2) is 9.97 Å². The van der Waals surface area contributed by atoms with Gasteiger partial charge in [0, 0.05) is 26.1 Å². The minimum atomic E-state index is 0.801. The van der Waals surface area contributed by atoms with Crippen molar-refractivity contribution in [3.63, 3.8) is 0 Å². The highest BCUT2D eigenvalue weighted by molar-refractivity contribution is 5.47. The molecule has 0 saturated heterocycles. The van der Waals surface area contributed by atoms with E-state index < -0.39 is 0 Å². The molecule has 1 heterocycles. The molecule has 0 spiro atoms. The number of rotatable bonds is 7. The zero-order valence-electron chi connectivity index (χ0n) is 13.8. The van der Waals surface area contributed by atoms with E-state index in [1.807, 2.05) is 13.1 Å². The number of hydrogen-bond donors (Lipinski definition) is 2. The van der Waals surface area contributed by atoms with E-state index in [4.69, 9.17) is 0 Å². The fourth-order valence-corrected chi connectivity index (χ4v) is 3.14. The maximum Gasteiger partial charge on any atom is 0.133 e. The Hall–Kier alpha value is -1.32. The average molecular weight is 290 g/mol. The molecule has 0 amide bonds. The molecular formula is C17H30N4. The summed E-state index contributed by atoms with van der Waals surface area (Å²) in [6, 6.07) is 2.01. The largest absolute Gasteiger partial charge is 0.373 e. The van der Waals surface area contributed by atoms with Crippen LogP contribution in [-0.2, 0) is 6.42 Å². The van der Waals surface area contributed by atoms with Gasteiger partial charge in [0.1, 0.15) is 17.5 Å². The lowest BCUT2D eigenvalue weighted by atomic mass is 9.81. The molecule has 0 atom stereocenters. The van der Waals surface area contributed by atoms with Gasteiger partial charge in [0.05, 0.1) is 0 Å². The van der Waals surface area contributed by atoms with E-state index in [2.05, 4.69) is 34.4 Å².